The highest BCUT2D eigenvalue weighted by molar-refractivity contribution is 5.98. The normalized spacial score (nSPS) is 10.5. The molecule has 98 valence electrons. The molecule has 0 amide bonds. The molecule has 2 N–H and O–H groups in total. The van der Waals surface area contributed by atoms with Crippen molar-refractivity contribution in [2.24, 2.45) is 0 Å². The average Bonchev–Trinajstić information content (AvgIpc) is 2.39. The van der Waals surface area contributed by atoms with Crippen molar-refractivity contribution in [1.82, 2.24) is 4.98 Å². The van der Waals surface area contributed by atoms with Crippen molar-refractivity contribution in [2.45, 2.75) is 20.0 Å². The highest BCUT2D eigenvalue weighted by Gasteiger charge is 2.16. The molecule has 2 aromatic rings. The molecular formula is C15H16N2O2. The second kappa shape index (κ2) is 5.52. The summed E-state index contributed by atoms with van der Waals surface area (Å²) in [5.74, 6) is -0.424. The smallest absolute Gasteiger partial charge is 0.340 e. The van der Waals surface area contributed by atoms with E-state index in [4.69, 9.17) is 10.5 Å². The maximum absolute atomic E-state index is 11.9. The van der Waals surface area contributed by atoms with Crippen LogP contribution in [0.3, 0.4) is 0 Å². The van der Waals surface area contributed by atoms with Gasteiger partial charge in [-0.3, -0.25) is 4.98 Å². The molecule has 1 aromatic heterocycles. The molecule has 0 unspecified atom stereocenters. The Hall–Kier alpha value is -2.36. The molecule has 0 aliphatic carbocycles. The number of nitrogen functional groups attached to an aromatic ring is 1. The summed E-state index contributed by atoms with van der Waals surface area (Å²) in [6.07, 6.45) is 1.38. The van der Waals surface area contributed by atoms with Crippen LogP contribution in [-0.4, -0.2) is 17.1 Å². The van der Waals surface area contributed by atoms with Gasteiger partial charge in [0.15, 0.2) is 0 Å². The van der Waals surface area contributed by atoms with Crippen LogP contribution >= 0.6 is 0 Å². The molecule has 1 heterocycles. The fourth-order valence-corrected chi connectivity index (χ4v) is 1.75. The van der Waals surface area contributed by atoms with Gasteiger partial charge in [-0.1, -0.05) is 30.3 Å². The number of anilines is 1. The molecule has 0 spiro atoms. The summed E-state index contributed by atoms with van der Waals surface area (Å²) in [6, 6.07) is 11.1. The number of nitrogens with zero attached hydrogens (tertiary/aromatic N) is 1. The lowest BCUT2D eigenvalue weighted by atomic mass is 10.1. The summed E-state index contributed by atoms with van der Waals surface area (Å²) in [6.45, 7) is 3.60. The summed E-state index contributed by atoms with van der Waals surface area (Å²) >= 11 is 0. The van der Waals surface area contributed by atoms with Crippen molar-refractivity contribution in [3.05, 3.63) is 48.2 Å². The zero-order chi connectivity index (χ0) is 13.8. The van der Waals surface area contributed by atoms with E-state index in [1.165, 1.54) is 0 Å². The molecule has 19 heavy (non-hydrogen) atoms. The van der Waals surface area contributed by atoms with Gasteiger partial charge in [0.05, 0.1) is 23.0 Å². The molecule has 2 rings (SSSR count). The number of rotatable bonds is 3. The van der Waals surface area contributed by atoms with Crippen molar-refractivity contribution in [3.8, 4) is 11.3 Å². The van der Waals surface area contributed by atoms with Crippen molar-refractivity contribution in [3.63, 3.8) is 0 Å². The van der Waals surface area contributed by atoms with Crippen LogP contribution in [0.4, 0.5) is 5.69 Å². The molecule has 0 aliphatic heterocycles. The Morgan fingerprint density at radius 2 is 1.89 bits per heavy atom. The number of hydrogen-bond acceptors (Lipinski definition) is 4. The van der Waals surface area contributed by atoms with Crippen LogP contribution in [0, 0.1) is 0 Å². The molecule has 0 saturated heterocycles. The second-order valence-electron chi connectivity index (χ2n) is 4.44. The first-order chi connectivity index (χ1) is 9.09. The number of hydrogen-bond donors (Lipinski definition) is 1. The number of carbonyl (C=O) groups excluding carboxylic acids is 1. The molecule has 0 aliphatic rings. The van der Waals surface area contributed by atoms with Crippen molar-refractivity contribution >= 4 is 11.7 Å². The number of pyridine rings is 1. The van der Waals surface area contributed by atoms with E-state index in [1.54, 1.807) is 26.1 Å². The van der Waals surface area contributed by atoms with Gasteiger partial charge in [-0.25, -0.2) is 4.79 Å². The fourth-order valence-electron chi connectivity index (χ4n) is 1.75. The van der Waals surface area contributed by atoms with Gasteiger partial charge in [0.25, 0.3) is 0 Å². The third-order valence-electron chi connectivity index (χ3n) is 2.60. The van der Waals surface area contributed by atoms with Crippen LogP contribution in [-0.2, 0) is 4.74 Å². The van der Waals surface area contributed by atoms with Crippen LogP contribution < -0.4 is 5.73 Å². The SMILES string of the molecule is CC(C)OC(=O)c1ccnc(-c2ccccc2)c1N. The zero-order valence-corrected chi connectivity index (χ0v) is 11.0. The monoisotopic (exact) mass is 256 g/mol. The Kier molecular flexibility index (Phi) is 3.80. The first kappa shape index (κ1) is 13.1. The topological polar surface area (TPSA) is 65.2 Å². The zero-order valence-electron chi connectivity index (χ0n) is 11.0. The number of benzene rings is 1. The number of esters is 1. The maximum Gasteiger partial charge on any atom is 0.340 e. The van der Waals surface area contributed by atoms with Gasteiger partial charge in [0, 0.05) is 11.8 Å². The summed E-state index contributed by atoms with van der Waals surface area (Å²) in [4.78, 5) is 16.2. The standard InChI is InChI=1S/C15H16N2O2/c1-10(2)19-15(18)12-8-9-17-14(13(12)16)11-6-4-3-5-7-11/h3-10H,16H2,1-2H3. The molecule has 1 aromatic carbocycles. The lowest BCUT2D eigenvalue weighted by Crippen LogP contribution is -2.14. The molecule has 0 fully saturated rings. The highest BCUT2D eigenvalue weighted by atomic mass is 16.5. The minimum atomic E-state index is -0.424. The predicted octanol–water partition coefficient (Wildman–Crippen LogP) is 2.90. The van der Waals surface area contributed by atoms with Crippen molar-refractivity contribution in [2.75, 3.05) is 5.73 Å². The Bertz CT molecular complexity index is 580. The molecular weight excluding hydrogens is 240 g/mol. The molecule has 4 heteroatoms. The quantitative estimate of drug-likeness (QED) is 0.857. The predicted molar refractivity (Wildman–Crippen MR) is 74.6 cm³/mol. The lowest BCUT2D eigenvalue weighted by molar-refractivity contribution is 0.0379. The largest absolute Gasteiger partial charge is 0.459 e. The van der Waals surface area contributed by atoms with E-state index >= 15 is 0 Å². The van der Waals surface area contributed by atoms with E-state index in [-0.39, 0.29) is 6.10 Å². The van der Waals surface area contributed by atoms with Crippen LogP contribution in [0.5, 0.6) is 0 Å². The van der Waals surface area contributed by atoms with E-state index in [9.17, 15) is 4.79 Å². The fraction of sp³-hybridized carbons (Fsp3) is 0.200. The minimum Gasteiger partial charge on any atom is -0.459 e. The van der Waals surface area contributed by atoms with Gasteiger partial charge in [-0.15, -0.1) is 0 Å². The first-order valence-electron chi connectivity index (χ1n) is 6.10. The van der Waals surface area contributed by atoms with Crippen LogP contribution in [0.2, 0.25) is 0 Å². The minimum absolute atomic E-state index is 0.180. The summed E-state index contributed by atoms with van der Waals surface area (Å²) in [5.41, 5.74) is 8.20. The average molecular weight is 256 g/mol. The van der Waals surface area contributed by atoms with E-state index < -0.39 is 5.97 Å². The maximum atomic E-state index is 11.9. The number of nitrogens with two attached hydrogens (primary N) is 1. The Balaban J connectivity index is 2.42. The summed E-state index contributed by atoms with van der Waals surface area (Å²) in [5, 5.41) is 0. The third-order valence-corrected chi connectivity index (χ3v) is 2.60. The molecule has 0 radical (unpaired) electrons. The van der Waals surface area contributed by atoms with Gasteiger partial charge < -0.3 is 10.5 Å². The number of ether oxygens (including phenoxy) is 1. The van der Waals surface area contributed by atoms with Crippen LogP contribution in [0.1, 0.15) is 24.2 Å². The molecule has 0 atom stereocenters. The Labute approximate surface area is 112 Å². The van der Waals surface area contributed by atoms with E-state index in [1.807, 2.05) is 30.3 Å². The Morgan fingerprint density at radius 3 is 2.53 bits per heavy atom. The highest BCUT2D eigenvalue weighted by Crippen LogP contribution is 2.26. The van der Waals surface area contributed by atoms with E-state index in [0.717, 1.165) is 5.56 Å². The van der Waals surface area contributed by atoms with Gasteiger partial charge >= 0.3 is 5.97 Å². The summed E-state index contributed by atoms with van der Waals surface area (Å²) in [7, 11) is 0. The van der Waals surface area contributed by atoms with Gasteiger partial charge in [-0.2, -0.15) is 0 Å². The Morgan fingerprint density at radius 1 is 1.21 bits per heavy atom. The number of carbonyl (C=O) groups is 1. The van der Waals surface area contributed by atoms with E-state index in [0.29, 0.717) is 16.9 Å². The molecule has 0 saturated carbocycles. The molecule has 4 nitrogen and oxygen atoms in total. The van der Waals surface area contributed by atoms with Crippen molar-refractivity contribution < 1.29 is 9.53 Å². The van der Waals surface area contributed by atoms with Gasteiger partial charge in [0.1, 0.15) is 0 Å². The van der Waals surface area contributed by atoms with E-state index in [2.05, 4.69) is 4.98 Å². The second-order valence-corrected chi connectivity index (χ2v) is 4.44. The lowest BCUT2D eigenvalue weighted by Gasteiger charge is -2.11. The van der Waals surface area contributed by atoms with Crippen LogP contribution in [0.25, 0.3) is 11.3 Å². The first-order valence-corrected chi connectivity index (χ1v) is 6.10. The van der Waals surface area contributed by atoms with Gasteiger partial charge in [0.2, 0.25) is 0 Å². The molecule has 0 bridgehead atoms. The third kappa shape index (κ3) is 2.91. The van der Waals surface area contributed by atoms with Crippen LogP contribution in [0.15, 0.2) is 42.6 Å². The van der Waals surface area contributed by atoms with Gasteiger partial charge in [-0.05, 0) is 19.9 Å². The van der Waals surface area contributed by atoms with Crippen molar-refractivity contribution in [1.29, 1.82) is 0 Å². The number of aromatic nitrogens is 1. The summed E-state index contributed by atoms with van der Waals surface area (Å²) < 4.78 is 5.16.